The maximum absolute atomic E-state index is 13.1. The number of aliphatic hydroxyl groups excluding tert-OH is 1. The monoisotopic (exact) mass is 378 g/mol. The highest BCUT2D eigenvalue weighted by Crippen LogP contribution is 2.39. The van der Waals surface area contributed by atoms with Crippen molar-refractivity contribution in [3.8, 4) is 0 Å². The van der Waals surface area contributed by atoms with Gasteiger partial charge in [0.15, 0.2) is 0 Å². The van der Waals surface area contributed by atoms with Crippen LogP contribution in [0.4, 0.5) is 10.1 Å². The Morgan fingerprint density at radius 2 is 1.81 bits per heavy atom. The molecule has 3 atom stereocenters. The summed E-state index contributed by atoms with van der Waals surface area (Å²) in [5, 5.41) is 10.4. The van der Waals surface area contributed by atoms with Crippen molar-refractivity contribution in [2.75, 3.05) is 44.2 Å². The van der Waals surface area contributed by atoms with Gasteiger partial charge in [0.1, 0.15) is 5.82 Å². The number of benzene rings is 1. The van der Waals surface area contributed by atoms with Gasteiger partial charge in [-0.2, -0.15) is 0 Å². The van der Waals surface area contributed by atoms with Crippen LogP contribution in [0.25, 0.3) is 0 Å². The van der Waals surface area contributed by atoms with Gasteiger partial charge in [0.05, 0.1) is 18.8 Å². The maximum Gasteiger partial charge on any atom is 0.123 e. The minimum absolute atomic E-state index is 0.198. The second-order valence-electron chi connectivity index (χ2n) is 9.29. The number of β-amino-alcohol motifs (C(OH)–C–C–N with tert-alkyl or cyclic N) is 1. The summed E-state index contributed by atoms with van der Waals surface area (Å²) in [6, 6.07) is 6.69. The summed E-state index contributed by atoms with van der Waals surface area (Å²) in [5.41, 5.74) is 1.40. The Bertz CT molecular complexity index is 584. The van der Waals surface area contributed by atoms with Crippen LogP contribution in [0, 0.1) is 17.2 Å². The van der Waals surface area contributed by atoms with E-state index in [1.165, 1.54) is 18.6 Å². The predicted octanol–water partition coefficient (Wildman–Crippen LogP) is 3.54. The normalized spacial score (nSPS) is 27.5. The van der Waals surface area contributed by atoms with Crippen LogP contribution in [-0.2, 0) is 4.74 Å². The zero-order valence-electron chi connectivity index (χ0n) is 17.0. The molecule has 1 aromatic carbocycles. The van der Waals surface area contributed by atoms with E-state index >= 15 is 0 Å². The molecule has 1 saturated heterocycles. The molecule has 1 aliphatic carbocycles. The summed E-state index contributed by atoms with van der Waals surface area (Å²) in [7, 11) is 0. The van der Waals surface area contributed by atoms with Crippen molar-refractivity contribution >= 4 is 5.69 Å². The van der Waals surface area contributed by atoms with Gasteiger partial charge < -0.3 is 14.7 Å². The van der Waals surface area contributed by atoms with Crippen molar-refractivity contribution in [2.24, 2.45) is 11.3 Å². The summed E-state index contributed by atoms with van der Waals surface area (Å²) in [5.74, 6) is 0.492. The number of piperazine rings is 1. The van der Waals surface area contributed by atoms with E-state index in [0.29, 0.717) is 24.5 Å². The first kappa shape index (κ1) is 20.6. The van der Waals surface area contributed by atoms with Gasteiger partial charge in [-0.25, -0.2) is 4.39 Å². The van der Waals surface area contributed by atoms with Crippen molar-refractivity contribution in [3.05, 3.63) is 30.1 Å². The molecule has 1 heterocycles. The van der Waals surface area contributed by atoms with E-state index in [1.807, 2.05) is 12.1 Å². The number of nitrogens with zero attached hydrogens (tertiary/aromatic N) is 2. The number of aliphatic hydroxyl groups is 1. The van der Waals surface area contributed by atoms with Crippen LogP contribution in [0.1, 0.15) is 40.0 Å². The lowest BCUT2D eigenvalue weighted by Gasteiger charge is -2.39. The third kappa shape index (κ3) is 6.16. The summed E-state index contributed by atoms with van der Waals surface area (Å²) in [6.45, 7) is 11.6. The molecule has 1 saturated carbocycles. The number of hydrogen-bond acceptors (Lipinski definition) is 4. The lowest BCUT2D eigenvalue weighted by atomic mass is 9.71. The number of ether oxygens (including phenoxy) is 1. The number of anilines is 1. The van der Waals surface area contributed by atoms with E-state index in [4.69, 9.17) is 4.74 Å². The molecule has 1 aromatic rings. The Kier molecular flexibility index (Phi) is 6.77. The van der Waals surface area contributed by atoms with Gasteiger partial charge in [0, 0.05) is 38.4 Å². The molecule has 1 aliphatic heterocycles. The van der Waals surface area contributed by atoms with E-state index in [0.717, 1.165) is 44.7 Å². The number of halogens is 1. The quantitative estimate of drug-likeness (QED) is 0.821. The molecule has 27 heavy (non-hydrogen) atoms. The van der Waals surface area contributed by atoms with Gasteiger partial charge in [-0.1, -0.05) is 20.8 Å². The highest BCUT2D eigenvalue weighted by molar-refractivity contribution is 5.46. The minimum atomic E-state index is -0.442. The van der Waals surface area contributed by atoms with Crippen LogP contribution in [0.15, 0.2) is 24.3 Å². The fourth-order valence-electron chi connectivity index (χ4n) is 4.82. The molecular formula is C22H35FN2O2. The van der Waals surface area contributed by atoms with Crippen molar-refractivity contribution in [3.63, 3.8) is 0 Å². The van der Waals surface area contributed by atoms with E-state index in [9.17, 15) is 9.50 Å². The first-order chi connectivity index (χ1) is 12.8. The first-order valence-corrected chi connectivity index (χ1v) is 10.3. The van der Waals surface area contributed by atoms with Crippen LogP contribution in [0.5, 0.6) is 0 Å². The van der Waals surface area contributed by atoms with E-state index in [1.54, 1.807) is 0 Å². The fourth-order valence-corrected chi connectivity index (χ4v) is 4.82. The molecule has 2 aliphatic rings. The molecule has 152 valence electrons. The molecule has 0 radical (unpaired) electrons. The van der Waals surface area contributed by atoms with E-state index < -0.39 is 6.10 Å². The second kappa shape index (κ2) is 8.89. The zero-order chi connectivity index (χ0) is 19.4. The largest absolute Gasteiger partial charge is 0.389 e. The van der Waals surface area contributed by atoms with Crippen LogP contribution < -0.4 is 4.90 Å². The van der Waals surface area contributed by atoms with Gasteiger partial charge in [-0.05, 0) is 54.9 Å². The maximum atomic E-state index is 13.1. The fraction of sp³-hybridized carbons (Fsp3) is 0.727. The smallest absolute Gasteiger partial charge is 0.123 e. The third-order valence-electron chi connectivity index (χ3n) is 5.90. The van der Waals surface area contributed by atoms with Gasteiger partial charge in [0.2, 0.25) is 0 Å². The summed E-state index contributed by atoms with van der Waals surface area (Å²) in [6.07, 6.45) is 3.28. The van der Waals surface area contributed by atoms with E-state index in [2.05, 4.69) is 30.6 Å². The van der Waals surface area contributed by atoms with Crippen LogP contribution in [0.3, 0.4) is 0 Å². The molecule has 5 heteroatoms. The molecule has 0 amide bonds. The Balaban J connectivity index is 1.38. The Labute approximate surface area is 163 Å². The van der Waals surface area contributed by atoms with Crippen LogP contribution >= 0.6 is 0 Å². The van der Waals surface area contributed by atoms with Gasteiger partial charge >= 0.3 is 0 Å². The predicted molar refractivity (Wildman–Crippen MR) is 108 cm³/mol. The Hall–Kier alpha value is -1.17. The first-order valence-electron chi connectivity index (χ1n) is 10.3. The van der Waals surface area contributed by atoms with Gasteiger partial charge in [-0.15, -0.1) is 0 Å². The van der Waals surface area contributed by atoms with E-state index in [-0.39, 0.29) is 11.9 Å². The summed E-state index contributed by atoms with van der Waals surface area (Å²) in [4.78, 5) is 4.56. The molecule has 0 aromatic heterocycles. The van der Waals surface area contributed by atoms with Crippen molar-refractivity contribution in [2.45, 2.75) is 52.2 Å². The molecule has 3 rings (SSSR count). The molecule has 0 bridgehead atoms. The molecular weight excluding hydrogens is 343 g/mol. The lowest BCUT2D eigenvalue weighted by Crippen LogP contribution is -2.49. The number of rotatable bonds is 6. The van der Waals surface area contributed by atoms with Crippen molar-refractivity contribution < 1.29 is 14.2 Å². The van der Waals surface area contributed by atoms with Gasteiger partial charge in [-0.3, -0.25) is 4.90 Å². The highest BCUT2D eigenvalue weighted by Gasteiger charge is 2.32. The zero-order valence-corrected chi connectivity index (χ0v) is 17.0. The SMILES string of the molecule is C[C@H]1C[C@H](OC[C@H](O)CN2CCN(c3ccc(F)cc3)CC2)CC(C)(C)C1. The molecule has 1 N–H and O–H groups in total. The van der Waals surface area contributed by atoms with Crippen molar-refractivity contribution in [1.82, 2.24) is 4.90 Å². The Morgan fingerprint density at radius 1 is 1.15 bits per heavy atom. The topological polar surface area (TPSA) is 35.9 Å². The standard InChI is InChI=1S/C22H35FN2O2/c1-17-12-21(14-22(2,3)13-17)27-16-20(26)15-24-8-10-25(11-9-24)19-6-4-18(23)5-7-19/h4-7,17,20-21,26H,8-16H2,1-3H3/t17-,20+,21-/m0/s1. The highest BCUT2D eigenvalue weighted by atomic mass is 19.1. The minimum Gasteiger partial charge on any atom is -0.389 e. The molecule has 2 fully saturated rings. The average molecular weight is 379 g/mol. The van der Waals surface area contributed by atoms with Crippen molar-refractivity contribution in [1.29, 1.82) is 0 Å². The summed E-state index contributed by atoms with van der Waals surface area (Å²) >= 11 is 0. The second-order valence-corrected chi connectivity index (χ2v) is 9.29. The summed E-state index contributed by atoms with van der Waals surface area (Å²) < 4.78 is 19.1. The molecule has 0 spiro atoms. The Morgan fingerprint density at radius 3 is 2.44 bits per heavy atom. The number of hydrogen-bond donors (Lipinski definition) is 1. The average Bonchev–Trinajstić information content (AvgIpc) is 2.60. The lowest BCUT2D eigenvalue weighted by molar-refractivity contribution is -0.0615. The third-order valence-corrected chi connectivity index (χ3v) is 5.90. The van der Waals surface area contributed by atoms with Crippen LogP contribution in [0.2, 0.25) is 0 Å². The molecule has 4 nitrogen and oxygen atoms in total. The van der Waals surface area contributed by atoms with Crippen LogP contribution in [-0.4, -0.2) is 61.5 Å². The van der Waals surface area contributed by atoms with Gasteiger partial charge in [0.25, 0.3) is 0 Å². The molecule has 0 unspecified atom stereocenters.